The van der Waals surface area contributed by atoms with Crippen LogP contribution in [0.2, 0.25) is 0 Å². The van der Waals surface area contributed by atoms with Crippen molar-refractivity contribution in [1.82, 2.24) is 10.2 Å². The number of nitrogens with zero attached hydrogens (tertiary/aromatic N) is 2. The highest BCUT2D eigenvalue weighted by molar-refractivity contribution is 5.81. The zero-order valence-corrected chi connectivity index (χ0v) is 17.1. The molecule has 2 aromatic carbocycles. The number of nitrogens with one attached hydrogen (secondary N) is 1. The molecule has 1 saturated heterocycles. The van der Waals surface area contributed by atoms with Gasteiger partial charge in [0.2, 0.25) is 0 Å². The normalized spacial score (nSPS) is 15.9. The van der Waals surface area contributed by atoms with E-state index in [0.717, 1.165) is 43.1 Å². The number of aryl methyl sites for hydroxylation is 1. The third-order valence-electron chi connectivity index (χ3n) is 5.20. The first-order valence-corrected chi connectivity index (χ1v) is 10.1. The summed E-state index contributed by atoms with van der Waals surface area (Å²) in [5.74, 6) is 0.658. The van der Waals surface area contributed by atoms with E-state index < -0.39 is 6.10 Å². The van der Waals surface area contributed by atoms with Gasteiger partial charge in [0.15, 0.2) is 6.10 Å². The Hall–Kier alpha value is -2.53. The van der Waals surface area contributed by atoms with Crippen molar-refractivity contribution in [3.8, 4) is 5.75 Å². The third-order valence-corrected chi connectivity index (χ3v) is 5.20. The molecule has 3 rings (SSSR count). The summed E-state index contributed by atoms with van der Waals surface area (Å²) in [5, 5.41) is 3.01. The number of hydrogen-bond acceptors (Lipinski definition) is 4. The van der Waals surface area contributed by atoms with Crippen molar-refractivity contribution in [2.75, 3.05) is 38.1 Å². The second-order valence-electron chi connectivity index (χ2n) is 7.51. The van der Waals surface area contributed by atoms with Crippen LogP contribution in [0.25, 0.3) is 0 Å². The first-order chi connectivity index (χ1) is 13.5. The number of piperazine rings is 1. The van der Waals surface area contributed by atoms with Crippen LogP contribution in [-0.4, -0.2) is 50.1 Å². The topological polar surface area (TPSA) is 44.8 Å². The molecule has 0 aromatic heterocycles. The molecule has 0 bridgehead atoms. The molecule has 0 unspecified atom stereocenters. The molecule has 1 N–H and O–H groups in total. The lowest BCUT2D eigenvalue weighted by Crippen LogP contribution is -2.44. The molecule has 0 radical (unpaired) electrons. The lowest BCUT2D eigenvalue weighted by molar-refractivity contribution is -0.128. The molecule has 5 nitrogen and oxygen atoms in total. The quantitative estimate of drug-likeness (QED) is 0.800. The molecule has 28 heavy (non-hydrogen) atoms. The van der Waals surface area contributed by atoms with E-state index in [-0.39, 0.29) is 5.91 Å². The van der Waals surface area contributed by atoms with Crippen LogP contribution in [0.3, 0.4) is 0 Å². The second kappa shape index (κ2) is 9.60. The van der Waals surface area contributed by atoms with Gasteiger partial charge in [0.1, 0.15) is 5.75 Å². The smallest absolute Gasteiger partial charge is 0.261 e. The van der Waals surface area contributed by atoms with Crippen molar-refractivity contribution >= 4 is 11.6 Å². The Bertz CT molecular complexity index is 768. The average Bonchev–Trinajstić information content (AvgIpc) is 2.71. The fourth-order valence-corrected chi connectivity index (χ4v) is 3.37. The molecule has 1 aliphatic rings. The Morgan fingerprint density at radius 3 is 2.46 bits per heavy atom. The van der Waals surface area contributed by atoms with Crippen molar-refractivity contribution in [2.24, 2.45) is 0 Å². The molecule has 150 valence electrons. The van der Waals surface area contributed by atoms with Gasteiger partial charge in [0, 0.05) is 38.4 Å². The first-order valence-electron chi connectivity index (χ1n) is 10.1. The number of amides is 1. The second-order valence-corrected chi connectivity index (χ2v) is 7.51. The third kappa shape index (κ3) is 5.49. The van der Waals surface area contributed by atoms with Crippen LogP contribution >= 0.6 is 0 Å². The van der Waals surface area contributed by atoms with Gasteiger partial charge in [-0.3, -0.25) is 4.79 Å². The van der Waals surface area contributed by atoms with Gasteiger partial charge >= 0.3 is 0 Å². The van der Waals surface area contributed by atoms with Gasteiger partial charge in [-0.2, -0.15) is 0 Å². The fraction of sp³-hybridized carbons (Fsp3) is 0.435. The van der Waals surface area contributed by atoms with Gasteiger partial charge in [-0.05, 0) is 55.8 Å². The maximum absolute atomic E-state index is 12.5. The van der Waals surface area contributed by atoms with Crippen molar-refractivity contribution in [3.63, 3.8) is 0 Å². The Morgan fingerprint density at radius 1 is 1.11 bits per heavy atom. The number of likely N-dealkylation sites (N-methyl/N-ethyl adjacent to an activating group) is 1. The van der Waals surface area contributed by atoms with Crippen LogP contribution in [0.4, 0.5) is 5.69 Å². The Morgan fingerprint density at radius 2 is 1.82 bits per heavy atom. The lowest BCUT2D eigenvalue weighted by atomic mass is 10.1. The molecule has 0 aliphatic carbocycles. The number of anilines is 1. The highest BCUT2D eigenvalue weighted by Crippen LogP contribution is 2.18. The van der Waals surface area contributed by atoms with Gasteiger partial charge in [-0.25, -0.2) is 0 Å². The molecular formula is C23H31N3O2. The summed E-state index contributed by atoms with van der Waals surface area (Å²) < 4.78 is 5.88. The van der Waals surface area contributed by atoms with Crippen molar-refractivity contribution in [2.45, 2.75) is 32.9 Å². The van der Waals surface area contributed by atoms with Crippen molar-refractivity contribution < 1.29 is 9.53 Å². The fourth-order valence-electron chi connectivity index (χ4n) is 3.37. The molecular weight excluding hydrogens is 350 g/mol. The number of benzene rings is 2. The predicted octanol–water partition coefficient (Wildman–Crippen LogP) is 3.22. The van der Waals surface area contributed by atoms with E-state index in [4.69, 9.17) is 4.74 Å². The predicted molar refractivity (Wildman–Crippen MR) is 114 cm³/mol. The monoisotopic (exact) mass is 381 g/mol. The average molecular weight is 382 g/mol. The molecule has 1 amide bonds. The standard InChI is InChI=1S/C23H31N3O2/c1-4-22(28-21-7-5-6-18(2)16-21)23(27)24-17-19-8-10-20(11-9-19)26-14-12-25(3)13-15-26/h5-11,16,22H,4,12-15,17H2,1-3H3,(H,24,27)/t22-/m1/s1. The largest absolute Gasteiger partial charge is 0.481 e. The minimum atomic E-state index is -0.480. The number of rotatable bonds is 7. The van der Waals surface area contributed by atoms with E-state index >= 15 is 0 Å². The summed E-state index contributed by atoms with van der Waals surface area (Å²) >= 11 is 0. The summed E-state index contributed by atoms with van der Waals surface area (Å²) in [7, 11) is 2.16. The zero-order valence-electron chi connectivity index (χ0n) is 17.1. The van der Waals surface area contributed by atoms with Gasteiger partial charge in [0.05, 0.1) is 0 Å². The van der Waals surface area contributed by atoms with Crippen molar-refractivity contribution in [1.29, 1.82) is 0 Å². The first kappa shape index (κ1) is 20.2. The molecule has 1 atom stereocenters. The van der Waals surface area contributed by atoms with E-state index in [2.05, 4.69) is 46.4 Å². The molecule has 5 heteroatoms. The summed E-state index contributed by atoms with van der Waals surface area (Å²) in [6.07, 6.45) is 0.147. The lowest BCUT2D eigenvalue weighted by Gasteiger charge is -2.34. The van der Waals surface area contributed by atoms with Gasteiger partial charge < -0.3 is 19.9 Å². The molecule has 0 saturated carbocycles. The maximum Gasteiger partial charge on any atom is 0.261 e. The zero-order chi connectivity index (χ0) is 19.9. The van der Waals surface area contributed by atoms with E-state index in [1.807, 2.05) is 38.1 Å². The van der Waals surface area contributed by atoms with Gasteiger partial charge in [-0.1, -0.05) is 31.2 Å². The number of carbonyl (C=O) groups excluding carboxylic acids is 1. The van der Waals surface area contributed by atoms with Gasteiger partial charge in [0.25, 0.3) is 5.91 Å². The van der Waals surface area contributed by atoms with Crippen LogP contribution in [0, 0.1) is 6.92 Å². The minimum absolute atomic E-state index is 0.0767. The van der Waals surface area contributed by atoms with E-state index in [9.17, 15) is 4.79 Å². The highest BCUT2D eigenvalue weighted by Gasteiger charge is 2.18. The molecule has 1 aliphatic heterocycles. The number of carbonyl (C=O) groups is 1. The SMILES string of the molecule is CC[C@@H](Oc1cccc(C)c1)C(=O)NCc1ccc(N2CCN(C)CC2)cc1. The summed E-state index contributed by atoms with van der Waals surface area (Å²) in [4.78, 5) is 17.3. The van der Waals surface area contributed by atoms with Crippen LogP contribution in [0.1, 0.15) is 24.5 Å². The molecule has 1 heterocycles. The van der Waals surface area contributed by atoms with Gasteiger partial charge in [-0.15, -0.1) is 0 Å². The molecule has 1 fully saturated rings. The maximum atomic E-state index is 12.5. The van der Waals surface area contributed by atoms with E-state index in [0.29, 0.717) is 13.0 Å². The Labute approximate surface area is 168 Å². The van der Waals surface area contributed by atoms with Crippen LogP contribution in [0.15, 0.2) is 48.5 Å². The number of hydrogen-bond donors (Lipinski definition) is 1. The molecule has 2 aromatic rings. The highest BCUT2D eigenvalue weighted by atomic mass is 16.5. The summed E-state index contributed by atoms with van der Waals surface area (Å²) in [5.41, 5.74) is 3.46. The van der Waals surface area contributed by atoms with E-state index in [1.165, 1.54) is 5.69 Å². The van der Waals surface area contributed by atoms with Crippen molar-refractivity contribution in [3.05, 3.63) is 59.7 Å². The number of ether oxygens (including phenoxy) is 1. The van der Waals surface area contributed by atoms with Crippen LogP contribution in [-0.2, 0) is 11.3 Å². The van der Waals surface area contributed by atoms with Crippen LogP contribution in [0.5, 0.6) is 5.75 Å². The Kier molecular flexibility index (Phi) is 6.93. The summed E-state index contributed by atoms with van der Waals surface area (Å²) in [6, 6.07) is 16.3. The van der Waals surface area contributed by atoms with Crippen LogP contribution < -0.4 is 15.0 Å². The summed E-state index contributed by atoms with van der Waals surface area (Å²) in [6.45, 7) is 8.79. The van der Waals surface area contributed by atoms with E-state index in [1.54, 1.807) is 0 Å². The molecule has 0 spiro atoms. The minimum Gasteiger partial charge on any atom is -0.481 e. The Balaban J connectivity index is 1.51.